The first-order chi connectivity index (χ1) is 24.8. The smallest absolute Gasteiger partial charge is 0.323 e. The fraction of sp³-hybridized carbons (Fsp3) is 0.842. The molecular weight excluding hydrogens is 667 g/mol. The molecule has 0 fully saturated rings. The first-order valence-corrected chi connectivity index (χ1v) is 21.9. The van der Waals surface area contributed by atoms with Crippen LogP contribution in [0.2, 0.25) is 0 Å². The lowest BCUT2D eigenvalue weighted by Gasteiger charge is -2.24. The van der Waals surface area contributed by atoms with Crippen LogP contribution in [0.4, 0.5) is 5.82 Å². The Morgan fingerprint density at radius 3 is 1.92 bits per heavy atom. The van der Waals surface area contributed by atoms with Gasteiger partial charge in [-0.1, -0.05) is 123 Å². The highest BCUT2D eigenvalue weighted by Gasteiger charge is 2.30. The molecule has 2 aromatic rings. The second kappa shape index (κ2) is 28.4. The van der Waals surface area contributed by atoms with Crippen molar-refractivity contribution >= 4 is 30.5 Å². The van der Waals surface area contributed by atoms with Crippen molar-refractivity contribution in [1.82, 2.24) is 24.6 Å². The van der Waals surface area contributed by atoms with Crippen LogP contribution in [-0.4, -0.2) is 70.4 Å². The Hall–Kier alpha value is -2.11. The third kappa shape index (κ3) is 20.6. The fourth-order valence-electron chi connectivity index (χ4n) is 5.92. The van der Waals surface area contributed by atoms with Gasteiger partial charge in [-0.2, -0.15) is 0 Å². The number of anilines is 1. The van der Waals surface area contributed by atoms with Gasteiger partial charge in [0.05, 0.1) is 32.2 Å². The van der Waals surface area contributed by atoms with Crippen molar-refractivity contribution < 1.29 is 28.1 Å². The van der Waals surface area contributed by atoms with Crippen LogP contribution in [0.1, 0.15) is 156 Å². The van der Waals surface area contributed by atoms with Crippen molar-refractivity contribution in [3.8, 4) is 0 Å². The number of nitrogens with two attached hydrogens (primary N) is 1. The van der Waals surface area contributed by atoms with Crippen LogP contribution in [0, 0.1) is 0 Å². The van der Waals surface area contributed by atoms with Crippen LogP contribution in [0.25, 0.3) is 11.2 Å². The topological polar surface area (TPSA) is 153 Å². The molecule has 0 spiro atoms. The summed E-state index contributed by atoms with van der Waals surface area (Å²) in [6.45, 7) is 10.1. The molecule has 51 heavy (non-hydrogen) atoms. The Labute approximate surface area is 308 Å². The second-order valence-electron chi connectivity index (χ2n) is 13.9. The Bertz CT molecular complexity index is 1220. The third-order valence-corrected chi connectivity index (χ3v) is 10.9. The summed E-state index contributed by atoms with van der Waals surface area (Å²) in [5.74, 6) is -0.152. The van der Waals surface area contributed by atoms with Gasteiger partial charge in [-0.25, -0.2) is 20.0 Å². The lowest BCUT2D eigenvalue weighted by Crippen LogP contribution is -2.35. The predicted molar refractivity (Wildman–Crippen MR) is 207 cm³/mol. The average molecular weight is 739 g/mol. The molecule has 0 aliphatic rings. The van der Waals surface area contributed by atoms with E-state index in [1.165, 1.54) is 96.2 Å². The summed E-state index contributed by atoms with van der Waals surface area (Å²) in [6.07, 6.45) is 26.9. The van der Waals surface area contributed by atoms with E-state index in [-0.39, 0.29) is 19.1 Å². The van der Waals surface area contributed by atoms with Crippen molar-refractivity contribution in [1.29, 1.82) is 0 Å². The molecule has 2 aromatic heterocycles. The summed E-state index contributed by atoms with van der Waals surface area (Å²) in [6, 6.07) is -0.820. The molecule has 13 heteroatoms. The Morgan fingerprint density at radius 1 is 0.765 bits per heavy atom. The molecule has 0 aliphatic heterocycles. The summed E-state index contributed by atoms with van der Waals surface area (Å²) in [7, 11) is -3.57. The van der Waals surface area contributed by atoms with Gasteiger partial charge in [0.1, 0.15) is 24.2 Å². The van der Waals surface area contributed by atoms with Gasteiger partial charge in [0, 0.05) is 13.2 Å². The van der Waals surface area contributed by atoms with Crippen molar-refractivity contribution in [2.24, 2.45) is 0 Å². The minimum atomic E-state index is -3.57. The minimum absolute atomic E-state index is 0.211. The molecule has 12 nitrogen and oxygen atoms in total. The second-order valence-corrected chi connectivity index (χ2v) is 16.1. The summed E-state index contributed by atoms with van der Waals surface area (Å²) >= 11 is 0. The largest absolute Gasteiger partial charge is 0.465 e. The number of hydrogen-bond donors (Lipinski definition) is 2. The number of esters is 1. The number of rotatable bonds is 34. The first-order valence-electron chi connectivity index (χ1n) is 20.1. The molecule has 0 aliphatic carbocycles. The zero-order chi connectivity index (χ0) is 37.0. The Kier molecular flexibility index (Phi) is 25.1. The molecule has 0 amide bonds. The molecule has 0 saturated heterocycles. The highest BCUT2D eigenvalue weighted by molar-refractivity contribution is 7.56. The summed E-state index contributed by atoms with van der Waals surface area (Å²) in [5.41, 5.74) is 7.03. The van der Waals surface area contributed by atoms with Gasteiger partial charge in [0.25, 0.3) is 7.52 Å². The molecular formula is C38H71N6O6P. The van der Waals surface area contributed by atoms with E-state index in [4.69, 9.17) is 24.5 Å². The summed E-state index contributed by atoms with van der Waals surface area (Å²) in [4.78, 5) is 25.3. The van der Waals surface area contributed by atoms with Crippen LogP contribution < -0.4 is 10.8 Å². The van der Waals surface area contributed by atoms with Gasteiger partial charge in [-0.15, -0.1) is 0 Å². The standard InChI is InChI=1S/C38H71N6O6P/c1-5-7-9-11-12-13-14-15-16-17-18-19-21-22-25-47-26-24-28-50-51(46,43-34(4)38(45)48-27-23-20-10-8-6-2)32-49-33(3)29-44-31-42-35-36(39)40-30-41-37(35)44/h30-31,33-34H,5-29,32H2,1-4H3,(H,43,46)(H2,39,40,41)/t33-,34+,51?/m1/s1. The third-order valence-electron chi connectivity index (χ3n) is 9.02. The number of unbranched alkanes of at least 4 members (excludes halogenated alkanes) is 17. The summed E-state index contributed by atoms with van der Waals surface area (Å²) in [5, 5.41) is 2.90. The van der Waals surface area contributed by atoms with Gasteiger partial charge in [0.15, 0.2) is 11.5 Å². The Morgan fingerprint density at radius 2 is 1.31 bits per heavy atom. The number of nitrogens with zero attached hydrogens (tertiary/aromatic N) is 4. The number of carbonyl (C=O) groups excluding carboxylic acids is 1. The van der Waals surface area contributed by atoms with Crippen molar-refractivity contribution in [3.05, 3.63) is 12.7 Å². The number of carbonyl (C=O) groups is 1. The highest BCUT2D eigenvalue weighted by atomic mass is 31.2. The maximum Gasteiger partial charge on any atom is 0.323 e. The van der Waals surface area contributed by atoms with E-state index < -0.39 is 19.5 Å². The number of nitrogen functional groups attached to an aromatic ring is 1. The number of hydrogen-bond acceptors (Lipinski definition) is 10. The molecule has 0 radical (unpaired) electrons. The number of nitrogens with one attached hydrogen (secondary N) is 1. The van der Waals surface area contributed by atoms with E-state index >= 15 is 0 Å². The first kappa shape index (κ1) is 45.0. The maximum absolute atomic E-state index is 14.0. The monoisotopic (exact) mass is 739 g/mol. The molecule has 0 aromatic carbocycles. The lowest BCUT2D eigenvalue weighted by molar-refractivity contribution is -0.145. The maximum atomic E-state index is 14.0. The van der Waals surface area contributed by atoms with Gasteiger partial charge in [-0.05, 0) is 33.1 Å². The molecule has 2 rings (SSSR count). The molecule has 3 N–H and O–H groups in total. The average Bonchev–Trinajstić information content (AvgIpc) is 3.53. The van der Waals surface area contributed by atoms with E-state index in [0.717, 1.165) is 38.7 Å². The Balaban J connectivity index is 1.68. The van der Waals surface area contributed by atoms with Gasteiger partial charge >= 0.3 is 5.97 Å². The minimum Gasteiger partial charge on any atom is -0.465 e. The zero-order valence-corrected chi connectivity index (χ0v) is 33.4. The van der Waals surface area contributed by atoms with Crippen LogP contribution >= 0.6 is 7.52 Å². The number of fused-ring (bicyclic) bond motifs is 1. The van der Waals surface area contributed by atoms with Crippen LogP contribution in [0.3, 0.4) is 0 Å². The van der Waals surface area contributed by atoms with Crippen LogP contribution in [-0.2, 0) is 34.6 Å². The molecule has 2 heterocycles. The zero-order valence-electron chi connectivity index (χ0n) is 32.5. The van der Waals surface area contributed by atoms with E-state index in [1.54, 1.807) is 13.3 Å². The highest BCUT2D eigenvalue weighted by Crippen LogP contribution is 2.43. The SMILES string of the molecule is CCCCCCCCCCCCCCCCOCCCOP(=O)(CO[C@H](C)Cn1cnc2c(N)ncnc21)N[C@@H](C)C(=O)OCCCCCCC. The van der Waals surface area contributed by atoms with Gasteiger partial charge < -0.3 is 29.0 Å². The molecule has 0 bridgehead atoms. The predicted octanol–water partition coefficient (Wildman–Crippen LogP) is 9.36. The van der Waals surface area contributed by atoms with Gasteiger partial charge in [0.2, 0.25) is 0 Å². The lowest BCUT2D eigenvalue weighted by atomic mass is 10.0. The van der Waals surface area contributed by atoms with E-state index in [1.807, 2.05) is 11.5 Å². The molecule has 294 valence electrons. The van der Waals surface area contributed by atoms with Gasteiger partial charge in [-0.3, -0.25) is 9.36 Å². The molecule has 0 saturated carbocycles. The van der Waals surface area contributed by atoms with Crippen molar-refractivity contribution in [2.75, 3.05) is 38.5 Å². The van der Waals surface area contributed by atoms with E-state index in [2.05, 4.69) is 33.9 Å². The molecule has 3 atom stereocenters. The van der Waals surface area contributed by atoms with Crippen molar-refractivity contribution in [2.45, 2.75) is 175 Å². The number of imidazole rings is 1. The van der Waals surface area contributed by atoms with Crippen LogP contribution in [0.15, 0.2) is 12.7 Å². The van der Waals surface area contributed by atoms with E-state index in [0.29, 0.717) is 43.2 Å². The van der Waals surface area contributed by atoms with Crippen LogP contribution in [0.5, 0.6) is 0 Å². The fourth-order valence-corrected chi connectivity index (χ4v) is 7.72. The number of ether oxygens (including phenoxy) is 3. The van der Waals surface area contributed by atoms with Crippen molar-refractivity contribution in [3.63, 3.8) is 0 Å². The summed E-state index contributed by atoms with van der Waals surface area (Å²) < 4.78 is 39.0. The normalized spacial score (nSPS) is 14.1. The number of aromatic nitrogens is 4. The quantitative estimate of drug-likeness (QED) is 0.0401. The molecule has 1 unspecified atom stereocenters. The van der Waals surface area contributed by atoms with E-state index in [9.17, 15) is 9.36 Å².